The average molecular weight is 344 g/mol. The largest absolute Gasteiger partial charge is 0.360 e. The SMILES string of the molecule is NNC(=O)CSCCC[NH+]1CCN(c2cccc(Cl)c2)CC1. The summed E-state index contributed by atoms with van der Waals surface area (Å²) in [5.41, 5.74) is 3.37. The Bertz CT molecular complexity index is 480. The number of nitrogens with zero attached hydrogens (tertiary/aromatic N) is 1. The molecule has 7 heteroatoms. The molecule has 0 saturated carbocycles. The van der Waals surface area contributed by atoms with Gasteiger partial charge in [0.1, 0.15) is 0 Å². The van der Waals surface area contributed by atoms with Crippen LogP contribution in [0.3, 0.4) is 0 Å². The number of piperazine rings is 1. The Kier molecular flexibility index (Phi) is 7.32. The highest BCUT2D eigenvalue weighted by molar-refractivity contribution is 7.99. The molecule has 0 aromatic heterocycles. The maximum absolute atomic E-state index is 11.0. The molecule has 1 aromatic carbocycles. The van der Waals surface area contributed by atoms with Crippen LogP contribution >= 0.6 is 23.4 Å². The van der Waals surface area contributed by atoms with E-state index in [2.05, 4.69) is 16.4 Å². The van der Waals surface area contributed by atoms with E-state index in [0.717, 1.165) is 43.4 Å². The number of carbonyl (C=O) groups excluding carboxylic acids is 1. The van der Waals surface area contributed by atoms with Gasteiger partial charge >= 0.3 is 0 Å². The summed E-state index contributed by atoms with van der Waals surface area (Å²) < 4.78 is 0. The lowest BCUT2D eigenvalue weighted by atomic mass is 10.2. The van der Waals surface area contributed by atoms with Gasteiger partial charge in [0.15, 0.2) is 0 Å². The van der Waals surface area contributed by atoms with Gasteiger partial charge in [0.05, 0.1) is 38.5 Å². The summed E-state index contributed by atoms with van der Waals surface area (Å²) >= 11 is 7.70. The topological polar surface area (TPSA) is 62.8 Å². The third-order valence-corrected chi connectivity index (χ3v) is 5.14. The van der Waals surface area contributed by atoms with Crippen LogP contribution in [0.25, 0.3) is 0 Å². The average Bonchev–Trinajstić information content (AvgIpc) is 2.55. The van der Waals surface area contributed by atoms with Crippen molar-refractivity contribution in [1.82, 2.24) is 5.43 Å². The maximum Gasteiger partial charge on any atom is 0.243 e. The molecule has 1 aromatic rings. The third-order valence-electron chi connectivity index (χ3n) is 3.86. The fourth-order valence-corrected chi connectivity index (χ4v) is 3.58. The first-order valence-electron chi connectivity index (χ1n) is 7.60. The van der Waals surface area contributed by atoms with Crippen molar-refractivity contribution in [2.24, 2.45) is 5.84 Å². The van der Waals surface area contributed by atoms with Crippen LogP contribution in [0.4, 0.5) is 5.69 Å². The van der Waals surface area contributed by atoms with Gasteiger partial charge in [0.2, 0.25) is 5.91 Å². The van der Waals surface area contributed by atoms with Crippen molar-refractivity contribution in [3.05, 3.63) is 29.3 Å². The lowest BCUT2D eigenvalue weighted by Gasteiger charge is -2.33. The fraction of sp³-hybridized carbons (Fsp3) is 0.533. The predicted molar refractivity (Wildman–Crippen MR) is 93.5 cm³/mol. The molecule has 0 radical (unpaired) electrons. The zero-order chi connectivity index (χ0) is 15.8. The number of hydrazine groups is 1. The van der Waals surface area contributed by atoms with Crippen molar-refractivity contribution in [1.29, 1.82) is 0 Å². The molecule has 1 aliphatic heterocycles. The second-order valence-corrected chi connectivity index (χ2v) is 6.98. The smallest absolute Gasteiger partial charge is 0.243 e. The van der Waals surface area contributed by atoms with E-state index in [-0.39, 0.29) is 5.91 Å². The third kappa shape index (κ3) is 5.68. The molecule has 122 valence electrons. The van der Waals surface area contributed by atoms with Crippen molar-refractivity contribution in [3.63, 3.8) is 0 Å². The minimum Gasteiger partial charge on any atom is -0.360 e. The van der Waals surface area contributed by atoms with E-state index >= 15 is 0 Å². The van der Waals surface area contributed by atoms with Crippen LogP contribution in [0.15, 0.2) is 24.3 Å². The number of anilines is 1. The van der Waals surface area contributed by atoms with Crippen LogP contribution in [0, 0.1) is 0 Å². The summed E-state index contributed by atoms with van der Waals surface area (Å²) in [6.45, 7) is 5.61. The summed E-state index contributed by atoms with van der Waals surface area (Å²) in [5.74, 6) is 6.40. The minimum atomic E-state index is -0.104. The van der Waals surface area contributed by atoms with E-state index in [1.165, 1.54) is 12.2 Å². The van der Waals surface area contributed by atoms with Crippen LogP contribution < -0.4 is 21.1 Å². The summed E-state index contributed by atoms with van der Waals surface area (Å²) in [7, 11) is 0. The predicted octanol–water partition coefficient (Wildman–Crippen LogP) is 0.158. The second kappa shape index (κ2) is 9.25. The number of thioether (sulfide) groups is 1. The molecule has 0 bridgehead atoms. The number of amides is 1. The second-order valence-electron chi connectivity index (χ2n) is 5.44. The van der Waals surface area contributed by atoms with E-state index in [1.807, 2.05) is 18.2 Å². The van der Waals surface area contributed by atoms with Crippen LogP contribution in [0.5, 0.6) is 0 Å². The highest BCUT2D eigenvalue weighted by atomic mass is 35.5. The van der Waals surface area contributed by atoms with Gasteiger partial charge in [-0.2, -0.15) is 11.8 Å². The molecule has 22 heavy (non-hydrogen) atoms. The summed E-state index contributed by atoms with van der Waals surface area (Å²) in [6, 6.07) is 8.07. The zero-order valence-electron chi connectivity index (χ0n) is 12.7. The summed E-state index contributed by atoms with van der Waals surface area (Å²) in [5, 5.41) is 0.797. The van der Waals surface area contributed by atoms with Crippen LogP contribution in [0.2, 0.25) is 5.02 Å². The molecule has 0 unspecified atom stereocenters. The molecule has 0 aliphatic carbocycles. The first-order valence-corrected chi connectivity index (χ1v) is 9.13. The lowest BCUT2D eigenvalue weighted by Crippen LogP contribution is -3.14. The van der Waals surface area contributed by atoms with E-state index in [0.29, 0.717) is 5.75 Å². The number of nitrogens with one attached hydrogen (secondary N) is 2. The van der Waals surface area contributed by atoms with Crippen molar-refractivity contribution >= 4 is 35.0 Å². The standard InChI is InChI=1S/C15H23ClN4OS/c16-13-3-1-4-14(11-13)20-8-6-19(7-9-20)5-2-10-22-12-15(21)18-17/h1,3-4,11H,2,5-10,12,17H2,(H,18,21)/p+1. The van der Waals surface area contributed by atoms with Gasteiger partial charge in [-0.25, -0.2) is 5.84 Å². The van der Waals surface area contributed by atoms with Gasteiger partial charge in [0, 0.05) is 17.1 Å². The summed E-state index contributed by atoms with van der Waals surface area (Å²) in [4.78, 5) is 15.0. The van der Waals surface area contributed by atoms with Crippen LogP contribution in [-0.2, 0) is 4.79 Å². The Morgan fingerprint density at radius 2 is 2.18 bits per heavy atom. The molecule has 1 heterocycles. The molecule has 0 spiro atoms. The molecule has 5 nitrogen and oxygen atoms in total. The number of quaternary nitrogens is 1. The molecule has 0 atom stereocenters. The molecule has 1 saturated heterocycles. The molecule has 2 rings (SSSR count). The Morgan fingerprint density at radius 1 is 1.41 bits per heavy atom. The van der Waals surface area contributed by atoms with E-state index in [1.54, 1.807) is 16.7 Å². The van der Waals surface area contributed by atoms with Crippen molar-refractivity contribution in [2.45, 2.75) is 6.42 Å². The Hall–Kier alpha value is -0.950. The lowest BCUT2D eigenvalue weighted by molar-refractivity contribution is -0.900. The van der Waals surface area contributed by atoms with Gasteiger partial charge in [-0.15, -0.1) is 0 Å². The normalized spacial score (nSPS) is 15.8. The Morgan fingerprint density at radius 3 is 2.86 bits per heavy atom. The number of hydrogen-bond donors (Lipinski definition) is 3. The van der Waals surface area contributed by atoms with Gasteiger partial charge < -0.3 is 9.80 Å². The molecule has 4 N–H and O–H groups in total. The molecule has 1 aliphatic rings. The van der Waals surface area contributed by atoms with E-state index in [9.17, 15) is 4.79 Å². The maximum atomic E-state index is 11.0. The Balaban J connectivity index is 1.62. The first kappa shape index (κ1) is 17.4. The van der Waals surface area contributed by atoms with Gasteiger partial charge in [-0.1, -0.05) is 17.7 Å². The number of benzene rings is 1. The highest BCUT2D eigenvalue weighted by Crippen LogP contribution is 2.19. The van der Waals surface area contributed by atoms with Crippen LogP contribution in [0.1, 0.15) is 6.42 Å². The monoisotopic (exact) mass is 343 g/mol. The highest BCUT2D eigenvalue weighted by Gasteiger charge is 2.19. The van der Waals surface area contributed by atoms with Crippen molar-refractivity contribution in [3.8, 4) is 0 Å². The van der Waals surface area contributed by atoms with Crippen LogP contribution in [-0.4, -0.2) is 50.1 Å². The molecule has 1 amide bonds. The van der Waals surface area contributed by atoms with Crippen molar-refractivity contribution in [2.75, 3.05) is 49.1 Å². The first-order chi connectivity index (χ1) is 10.7. The number of halogens is 1. The quantitative estimate of drug-likeness (QED) is 0.286. The van der Waals surface area contributed by atoms with Gasteiger partial charge in [-0.3, -0.25) is 10.2 Å². The molecule has 1 fully saturated rings. The number of hydrogen-bond acceptors (Lipinski definition) is 4. The number of nitrogens with two attached hydrogens (primary N) is 1. The molecular weight excluding hydrogens is 320 g/mol. The van der Waals surface area contributed by atoms with E-state index in [4.69, 9.17) is 17.4 Å². The number of carbonyl (C=O) groups is 1. The summed E-state index contributed by atoms with van der Waals surface area (Å²) in [6.07, 6.45) is 1.13. The Labute approximate surface area is 141 Å². The van der Waals surface area contributed by atoms with Gasteiger partial charge in [-0.05, 0) is 24.0 Å². The fourth-order valence-electron chi connectivity index (χ4n) is 2.63. The van der Waals surface area contributed by atoms with Gasteiger partial charge in [0.25, 0.3) is 0 Å². The van der Waals surface area contributed by atoms with E-state index < -0.39 is 0 Å². The van der Waals surface area contributed by atoms with Crippen molar-refractivity contribution < 1.29 is 9.69 Å². The zero-order valence-corrected chi connectivity index (χ0v) is 14.3. The number of rotatable bonds is 7. The molecular formula is C15H24ClN4OS+. The minimum absolute atomic E-state index is 0.104.